The van der Waals surface area contributed by atoms with Gasteiger partial charge in [0.2, 0.25) is 0 Å². The summed E-state index contributed by atoms with van der Waals surface area (Å²) in [6.45, 7) is 13.6. The van der Waals surface area contributed by atoms with Gasteiger partial charge in [-0.15, -0.1) is 6.58 Å². The molecule has 0 saturated heterocycles. The molecule has 0 fully saturated rings. The standard InChI is InChI=1S/C10H22N2/c1-4-8-12(9-5-2)10-7-11-6-3/h4,11H,1,5-10H2,2-3H3. The van der Waals surface area contributed by atoms with Crippen molar-refractivity contribution in [3.63, 3.8) is 0 Å². The van der Waals surface area contributed by atoms with Crippen LogP contribution in [0.2, 0.25) is 0 Å². The number of nitrogens with zero attached hydrogens (tertiary/aromatic N) is 1. The van der Waals surface area contributed by atoms with Crippen LogP contribution in [0, 0.1) is 0 Å². The van der Waals surface area contributed by atoms with Gasteiger partial charge >= 0.3 is 0 Å². The molecule has 0 rings (SSSR count). The van der Waals surface area contributed by atoms with Crippen LogP contribution in [0.25, 0.3) is 0 Å². The van der Waals surface area contributed by atoms with Crippen molar-refractivity contribution in [2.24, 2.45) is 0 Å². The molecular weight excluding hydrogens is 148 g/mol. The molecule has 2 heteroatoms. The molecule has 0 atom stereocenters. The average molecular weight is 170 g/mol. The van der Waals surface area contributed by atoms with Crippen molar-refractivity contribution in [2.75, 3.05) is 32.7 Å². The molecule has 2 nitrogen and oxygen atoms in total. The average Bonchev–Trinajstić information content (AvgIpc) is 2.06. The smallest absolute Gasteiger partial charge is 0.0161 e. The van der Waals surface area contributed by atoms with Gasteiger partial charge in [-0.1, -0.05) is 19.9 Å². The minimum absolute atomic E-state index is 1.01. The molecule has 0 aliphatic heterocycles. The number of likely N-dealkylation sites (N-methyl/N-ethyl adjacent to an activating group) is 1. The van der Waals surface area contributed by atoms with Crippen LogP contribution in [0.5, 0.6) is 0 Å². The Kier molecular flexibility index (Phi) is 8.51. The summed E-state index contributed by atoms with van der Waals surface area (Å²) in [5.41, 5.74) is 0. The van der Waals surface area contributed by atoms with Crippen LogP contribution in [-0.4, -0.2) is 37.6 Å². The lowest BCUT2D eigenvalue weighted by Gasteiger charge is -2.19. The summed E-state index contributed by atoms with van der Waals surface area (Å²) in [7, 11) is 0. The van der Waals surface area contributed by atoms with E-state index in [9.17, 15) is 0 Å². The molecule has 72 valence electrons. The SMILES string of the molecule is C=CCN(CCC)CCNCC. The fourth-order valence-corrected chi connectivity index (χ4v) is 1.21. The van der Waals surface area contributed by atoms with Crippen LogP contribution in [0.3, 0.4) is 0 Å². The van der Waals surface area contributed by atoms with Gasteiger partial charge < -0.3 is 5.32 Å². The van der Waals surface area contributed by atoms with E-state index in [4.69, 9.17) is 0 Å². The van der Waals surface area contributed by atoms with Crippen molar-refractivity contribution in [3.05, 3.63) is 12.7 Å². The van der Waals surface area contributed by atoms with Crippen molar-refractivity contribution >= 4 is 0 Å². The van der Waals surface area contributed by atoms with E-state index in [-0.39, 0.29) is 0 Å². The van der Waals surface area contributed by atoms with E-state index >= 15 is 0 Å². The summed E-state index contributed by atoms with van der Waals surface area (Å²) in [5, 5.41) is 3.32. The fraction of sp³-hybridized carbons (Fsp3) is 0.800. The van der Waals surface area contributed by atoms with Gasteiger partial charge in [0, 0.05) is 19.6 Å². The van der Waals surface area contributed by atoms with E-state index < -0.39 is 0 Å². The molecule has 0 radical (unpaired) electrons. The van der Waals surface area contributed by atoms with Gasteiger partial charge in [0.05, 0.1) is 0 Å². The normalized spacial score (nSPS) is 10.6. The molecule has 0 aromatic rings. The maximum absolute atomic E-state index is 3.75. The first-order valence-electron chi connectivity index (χ1n) is 4.89. The van der Waals surface area contributed by atoms with E-state index in [2.05, 4.69) is 30.6 Å². The fourth-order valence-electron chi connectivity index (χ4n) is 1.21. The van der Waals surface area contributed by atoms with Gasteiger partial charge in [0.15, 0.2) is 0 Å². The molecule has 0 aromatic heterocycles. The van der Waals surface area contributed by atoms with E-state index in [0.717, 1.165) is 26.2 Å². The topological polar surface area (TPSA) is 15.3 Å². The predicted octanol–water partition coefficient (Wildman–Crippen LogP) is 1.49. The number of nitrogens with one attached hydrogen (secondary N) is 1. The Labute approximate surface area is 76.6 Å². The Hall–Kier alpha value is -0.340. The van der Waals surface area contributed by atoms with Crippen molar-refractivity contribution in [2.45, 2.75) is 20.3 Å². The van der Waals surface area contributed by atoms with Crippen LogP contribution >= 0.6 is 0 Å². The van der Waals surface area contributed by atoms with Crippen LogP contribution in [0.4, 0.5) is 0 Å². The van der Waals surface area contributed by atoms with Gasteiger partial charge in [-0.2, -0.15) is 0 Å². The minimum atomic E-state index is 1.01. The van der Waals surface area contributed by atoms with Crippen molar-refractivity contribution in [1.29, 1.82) is 0 Å². The highest BCUT2D eigenvalue weighted by atomic mass is 15.1. The zero-order chi connectivity index (χ0) is 9.23. The molecule has 0 spiro atoms. The zero-order valence-electron chi connectivity index (χ0n) is 8.47. The second-order valence-corrected chi connectivity index (χ2v) is 2.94. The lowest BCUT2D eigenvalue weighted by molar-refractivity contribution is 0.303. The predicted molar refractivity (Wildman–Crippen MR) is 55.5 cm³/mol. The van der Waals surface area contributed by atoms with Gasteiger partial charge in [-0.05, 0) is 19.5 Å². The number of hydrogen-bond donors (Lipinski definition) is 1. The largest absolute Gasteiger partial charge is 0.316 e. The quantitative estimate of drug-likeness (QED) is 0.438. The lowest BCUT2D eigenvalue weighted by Crippen LogP contribution is -2.32. The van der Waals surface area contributed by atoms with Crippen LogP contribution in [0.15, 0.2) is 12.7 Å². The highest BCUT2D eigenvalue weighted by molar-refractivity contribution is 4.73. The zero-order valence-corrected chi connectivity index (χ0v) is 8.47. The summed E-state index contributed by atoms with van der Waals surface area (Å²) in [5.74, 6) is 0. The first-order chi connectivity index (χ1) is 5.85. The minimum Gasteiger partial charge on any atom is -0.316 e. The molecule has 1 N–H and O–H groups in total. The Morgan fingerprint density at radius 1 is 1.33 bits per heavy atom. The Balaban J connectivity index is 3.40. The van der Waals surface area contributed by atoms with Crippen molar-refractivity contribution in [1.82, 2.24) is 10.2 Å². The van der Waals surface area contributed by atoms with Gasteiger partial charge in [-0.25, -0.2) is 0 Å². The Morgan fingerprint density at radius 2 is 2.08 bits per heavy atom. The molecule has 12 heavy (non-hydrogen) atoms. The first kappa shape index (κ1) is 11.7. The second-order valence-electron chi connectivity index (χ2n) is 2.94. The maximum atomic E-state index is 3.75. The van der Waals surface area contributed by atoms with Gasteiger partial charge in [-0.3, -0.25) is 4.90 Å². The molecule has 0 aliphatic rings. The molecular formula is C10H22N2. The lowest BCUT2D eigenvalue weighted by atomic mass is 10.4. The number of rotatable bonds is 8. The molecule has 0 unspecified atom stereocenters. The molecule has 0 aromatic carbocycles. The monoisotopic (exact) mass is 170 g/mol. The molecule has 0 bridgehead atoms. The molecule has 0 heterocycles. The highest BCUT2D eigenvalue weighted by Crippen LogP contribution is 1.89. The van der Waals surface area contributed by atoms with E-state index in [1.807, 2.05) is 6.08 Å². The van der Waals surface area contributed by atoms with Crippen LogP contribution < -0.4 is 5.32 Å². The molecule has 0 amide bonds. The van der Waals surface area contributed by atoms with Gasteiger partial charge in [0.1, 0.15) is 0 Å². The van der Waals surface area contributed by atoms with Crippen LogP contribution in [-0.2, 0) is 0 Å². The van der Waals surface area contributed by atoms with Crippen molar-refractivity contribution < 1.29 is 0 Å². The summed E-state index contributed by atoms with van der Waals surface area (Å²) in [6, 6.07) is 0. The molecule has 0 saturated carbocycles. The van der Waals surface area contributed by atoms with E-state index in [1.54, 1.807) is 0 Å². The highest BCUT2D eigenvalue weighted by Gasteiger charge is 1.98. The van der Waals surface area contributed by atoms with Crippen molar-refractivity contribution in [3.8, 4) is 0 Å². The Morgan fingerprint density at radius 3 is 2.58 bits per heavy atom. The summed E-state index contributed by atoms with van der Waals surface area (Å²) < 4.78 is 0. The molecule has 0 aliphatic carbocycles. The van der Waals surface area contributed by atoms with Gasteiger partial charge in [0.25, 0.3) is 0 Å². The first-order valence-corrected chi connectivity index (χ1v) is 4.89. The third-order valence-electron chi connectivity index (χ3n) is 1.78. The Bertz CT molecular complexity index is 102. The van der Waals surface area contributed by atoms with Crippen LogP contribution in [0.1, 0.15) is 20.3 Å². The summed E-state index contributed by atoms with van der Waals surface area (Å²) in [4.78, 5) is 2.41. The maximum Gasteiger partial charge on any atom is 0.0161 e. The van der Waals surface area contributed by atoms with E-state index in [0.29, 0.717) is 0 Å². The third-order valence-corrected chi connectivity index (χ3v) is 1.78. The summed E-state index contributed by atoms with van der Waals surface area (Å²) >= 11 is 0. The van der Waals surface area contributed by atoms with E-state index in [1.165, 1.54) is 13.0 Å². The third kappa shape index (κ3) is 6.38. The second kappa shape index (κ2) is 8.75. The number of hydrogen-bond acceptors (Lipinski definition) is 2. The summed E-state index contributed by atoms with van der Waals surface area (Å²) in [6.07, 6.45) is 3.20.